The summed E-state index contributed by atoms with van der Waals surface area (Å²) >= 11 is 0. The molecule has 3 aromatic carbocycles. The van der Waals surface area contributed by atoms with Crippen molar-refractivity contribution in [3.05, 3.63) is 180 Å². The average molecular weight is 588 g/mol. The van der Waals surface area contributed by atoms with Crippen molar-refractivity contribution in [1.29, 1.82) is 5.41 Å². The van der Waals surface area contributed by atoms with E-state index in [1.807, 2.05) is 56.4 Å². The Bertz CT molecular complexity index is 1890. The zero-order chi connectivity index (χ0) is 32.3. The molecule has 0 fully saturated rings. The van der Waals surface area contributed by atoms with Gasteiger partial charge in [-0.25, -0.2) is 0 Å². The van der Waals surface area contributed by atoms with Gasteiger partial charge in [0.05, 0.1) is 5.69 Å². The fourth-order valence-electron chi connectivity index (χ4n) is 5.27. The molecule has 0 radical (unpaired) electrons. The number of rotatable bonds is 12. The molecule has 0 amide bonds. The van der Waals surface area contributed by atoms with Gasteiger partial charge < -0.3 is 15.7 Å². The molecule has 4 aromatic rings. The second-order valence-electron chi connectivity index (χ2n) is 10.8. The Morgan fingerprint density at radius 1 is 0.889 bits per heavy atom. The Kier molecular flexibility index (Phi) is 10.9. The molecule has 4 rings (SSSR count). The molecule has 0 unspecified atom stereocenters. The first-order valence-electron chi connectivity index (χ1n) is 14.9. The zero-order valence-corrected chi connectivity index (χ0v) is 26.4. The summed E-state index contributed by atoms with van der Waals surface area (Å²) in [6.07, 6.45) is 18.7. The van der Waals surface area contributed by atoms with Gasteiger partial charge in [0, 0.05) is 29.4 Å². The molecule has 0 saturated carbocycles. The van der Waals surface area contributed by atoms with Crippen molar-refractivity contribution in [1.82, 2.24) is 4.57 Å². The van der Waals surface area contributed by atoms with Crippen molar-refractivity contribution >= 4 is 35.6 Å². The maximum atomic E-state index is 7.26. The number of hydrogen-bond donors (Lipinski definition) is 2. The van der Waals surface area contributed by atoms with Gasteiger partial charge in [-0.3, -0.25) is 0 Å². The van der Waals surface area contributed by atoms with Crippen molar-refractivity contribution in [2.24, 2.45) is 5.73 Å². The normalized spacial score (nSPS) is 12.3. The summed E-state index contributed by atoms with van der Waals surface area (Å²) in [6, 6.07) is 27.3. The van der Waals surface area contributed by atoms with Gasteiger partial charge in [0.2, 0.25) is 0 Å². The zero-order valence-electron chi connectivity index (χ0n) is 26.4. The summed E-state index contributed by atoms with van der Waals surface area (Å²) in [6.45, 7) is 18.7. The highest BCUT2D eigenvalue weighted by atomic mass is 15.0. The van der Waals surface area contributed by atoms with Gasteiger partial charge in [-0.1, -0.05) is 98.6 Å². The van der Waals surface area contributed by atoms with Crippen LogP contribution in [-0.4, -0.2) is 10.8 Å². The lowest BCUT2D eigenvalue weighted by atomic mass is 9.94. The van der Waals surface area contributed by atoms with Crippen molar-refractivity contribution in [3.63, 3.8) is 0 Å². The van der Waals surface area contributed by atoms with E-state index in [9.17, 15) is 0 Å². The summed E-state index contributed by atoms with van der Waals surface area (Å²) < 4.78 is 2.30. The summed E-state index contributed by atoms with van der Waals surface area (Å²) in [5.41, 5.74) is 19.5. The Morgan fingerprint density at radius 2 is 1.67 bits per heavy atom. The molecule has 0 bridgehead atoms. The number of allylic oxidation sites excluding steroid dienone is 9. The van der Waals surface area contributed by atoms with Crippen LogP contribution in [0.4, 0.5) is 0 Å². The lowest BCUT2D eigenvalue weighted by Crippen LogP contribution is -2.01. The summed E-state index contributed by atoms with van der Waals surface area (Å²) in [5.74, 6) is 0. The first kappa shape index (κ1) is 32.2. The van der Waals surface area contributed by atoms with Crippen molar-refractivity contribution in [2.45, 2.75) is 20.8 Å². The highest BCUT2D eigenvalue weighted by Gasteiger charge is 2.17. The number of para-hydroxylation sites is 1. The van der Waals surface area contributed by atoms with E-state index in [0.717, 1.165) is 72.7 Å². The van der Waals surface area contributed by atoms with E-state index in [-0.39, 0.29) is 0 Å². The van der Waals surface area contributed by atoms with Gasteiger partial charge in [-0.2, -0.15) is 0 Å². The summed E-state index contributed by atoms with van der Waals surface area (Å²) in [7, 11) is 0. The van der Waals surface area contributed by atoms with Gasteiger partial charge in [0.1, 0.15) is 0 Å². The van der Waals surface area contributed by atoms with Crippen molar-refractivity contribution in [2.75, 3.05) is 0 Å². The number of aromatic nitrogens is 1. The van der Waals surface area contributed by atoms with E-state index in [4.69, 9.17) is 11.1 Å². The third kappa shape index (κ3) is 7.65. The van der Waals surface area contributed by atoms with E-state index in [0.29, 0.717) is 0 Å². The Labute approximate surface area is 268 Å². The number of aryl methyl sites for hydroxylation is 1. The summed E-state index contributed by atoms with van der Waals surface area (Å²) in [4.78, 5) is 0. The van der Waals surface area contributed by atoms with E-state index >= 15 is 0 Å². The number of hydrogen-bond acceptors (Lipinski definition) is 2. The van der Waals surface area contributed by atoms with Crippen LogP contribution in [0.25, 0.3) is 46.3 Å². The first-order valence-corrected chi connectivity index (χ1v) is 14.9. The minimum absolute atomic E-state index is 0.862. The molecule has 0 saturated heterocycles. The van der Waals surface area contributed by atoms with E-state index in [2.05, 4.69) is 110 Å². The van der Waals surface area contributed by atoms with Crippen LogP contribution < -0.4 is 5.73 Å². The maximum absolute atomic E-state index is 7.26. The van der Waals surface area contributed by atoms with Gasteiger partial charge in [-0.05, 0) is 119 Å². The van der Waals surface area contributed by atoms with E-state index in [1.54, 1.807) is 12.3 Å². The lowest BCUT2D eigenvalue weighted by Gasteiger charge is -2.16. The molecule has 3 N–H and O–H groups in total. The molecular formula is C42H41N3. The van der Waals surface area contributed by atoms with Gasteiger partial charge in [-0.15, -0.1) is 0 Å². The quantitative estimate of drug-likeness (QED) is 0.126. The Balaban J connectivity index is 1.82. The van der Waals surface area contributed by atoms with Crippen LogP contribution >= 0.6 is 0 Å². The Hall–Kier alpha value is -5.67. The van der Waals surface area contributed by atoms with Crippen LogP contribution in [-0.2, 0) is 0 Å². The minimum atomic E-state index is 0.862. The fraction of sp³-hybridized carbons (Fsp3) is 0.0714. The molecule has 3 nitrogen and oxygen atoms in total. The molecule has 1 heterocycles. The third-order valence-corrected chi connectivity index (χ3v) is 7.62. The first-order chi connectivity index (χ1) is 21.8. The second-order valence-corrected chi connectivity index (χ2v) is 10.8. The van der Waals surface area contributed by atoms with Gasteiger partial charge in [0.15, 0.2) is 0 Å². The predicted octanol–water partition coefficient (Wildman–Crippen LogP) is 10.9. The van der Waals surface area contributed by atoms with Gasteiger partial charge in [0.25, 0.3) is 0 Å². The van der Waals surface area contributed by atoms with Crippen LogP contribution in [0, 0.1) is 12.3 Å². The lowest BCUT2D eigenvalue weighted by molar-refractivity contribution is 1.07. The number of benzene rings is 3. The highest BCUT2D eigenvalue weighted by Crippen LogP contribution is 2.36. The molecule has 0 aliphatic heterocycles. The maximum Gasteiger partial charge on any atom is 0.0569 e. The topological polar surface area (TPSA) is 54.8 Å². The highest BCUT2D eigenvalue weighted by molar-refractivity contribution is 5.85. The molecule has 45 heavy (non-hydrogen) atoms. The smallest absolute Gasteiger partial charge is 0.0569 e. The fourth-order valence-corrected chi connectivity index (χ4v) is 5.27. The molecule has 1 aromatic heterocycles. The molecule has 224 valence electrons. The monoisotopic (exact) mass is 587 g/mol. The minimum Gasteiger partial charge on any atom is -0.404 e. The second kappa shape index (κ2) is 15.2. The molecule has 0 aliphatic rings. The van der Waals surface area contributed by atoms with E-state index in [1.165, 1.54) is 6.21 Å². The average Bonchev–Trinajstić information content (AvgIpc) is 3.40. The number of nitrogens with zero attached hydrogens (tertiary/aromatic N) is 1. The molecule has 0 aliphatic carbocycles. The van der Waals surface area contributed by atoms with Crippen molar-refractivity contribution < 1.29 is 0 Å². The van der Waals surface area contributed by atoms with Crippen LogP contribution in [0.15, 0.2) is 146 Å². The molecular weight excluding hydrogens is 546 g/mol. The third-order valence-electron chi connectivity index (χ3n) is 7.62. The number of nitrogens with two attached hydrogens (primary N) is 1. The SMILES string of the molecule is C=Cc1cc(C(/C=C(\C)C(=C)/C=C\C)=C/N)ccc1-c1c(C)cc(/C=C/c2cccc(C(=C)/C=C\C=N)c2)n1-c1ccccc1. The summed E-state index contributed by atoms with van der Waals surface area (Å²) in [5, 5.41) is 7.26. The largest absolute Gasteiger partial charge is 0.404 e. The number of nitrogens with one attached hydrogen (secondary N) is 1. The van der Waals surface area contributed by atoms with Crippen LogP contribution in [0.1, 0.15) is 47.4 Å². The van der Waals surface area contributed by atoms with Crippen molar-refractivity contribution in [3.8, 4) is 16.9 Å². The standard InChI is InChI=1S/C42H41N3/c1-7-14-30(3)32(5)25-38(29-44)37-21-23-41(35(8-2)28-37)42-33(6)26-40(45(42)39-18-10-9-11-19-39)22-20-34-16-12-17-36(27-34)31(4)15-13-24-43/h7-29,43H,2-4,44H2,1,5-6H3/b14-7-,15-13-,22-20+,32-25+,38-29+,43-24?. The van der Waals surface area contributed by atoms with Crippen LogP contribution in [0.2, 0.25) is 0 Å². The molecule has 0 spiro atoms. The van der Waals surface area contributed by atoms with E-state index < -0.39 is 0 Å². The Morgan fingerprint density at radius 3 is 2.36 bits per heavy atom. The van der Waals surface area contributed by atoms with Crippen LogP contribution in [0.5, 0.6) is 0 Å². The van der Waals surface area contributed by atoms with Crippen LogP contribution in [0.3, 0.4) is 0 Å². The molecule has 3 heteroatoms. The predicted molar refractivity (Wildman–Crippen MR) is 198 cm³/mol. The molecule has 0 atom stereocenters. The van der Waals surface area contributed by atoms with Gasteiger partial charge >= 0.3 is 0 Å².